The predicted molar refractivity (Wildman–Crippen MR) is 102 cm³/mol. The number of aromatic amines is 1. The Labute approximate surface area is 157 Å². The monoisotopic (exact) mass is 369 g/mol. The maximum absolute atomic E-state index is 13.6. The van der Waals surface area contributed by atoms with Crippen LogP contribution in [0.15, 0.2) is 30.6 Å². The van der Waals surface area contributed by atoms with Gasteiger partial charge in [0.1, 0.15) is 11.6 Å². The van der Waals surface area contributed by atoms with Gasteiger partial charge in [-0.3, -0.25) is 9.69 Å². The number of hydrogen-bond acceptors (Lipinski definition) is 3. The van der Waals surface area contributed by atoms with Crippen LogP contribution < -0.4 is 0 Å². The summed E-state index contributed by atoms with van der Waals surface area (Å²) in [6, 6.07) is 4.67. The normalized spacial score (nSPS) is 15.6. The van der Waals surface area contributed by atoms with E-state index in [1.54, 1.807) is 6.07 Å². The van der Waals surface area contributed by atoms with E-state index < -0.39 is 0 Å². The van der Waals surface area contributed by atoms with Gasteiger partial charge in [-0.05, 0) is 30.7 Å². The smallest absolute Gasteiger partial charge is 0.227 e. The van der Waals surface area contributed by atoms with Crippen LogP contribution >= 0.6 is 0 Å². The Morgan fingerprint density at radius 3 is 2.74 bits per heavy atom. The Balaban J connectivity index is 1.39. The summed E-state index contributed by atoms with van der Waals surface area (Å²) in [4.78, 5) is 24.6. The molecule has 0 spiro atoms. The topological polar surface area (TPSA) is 57.2 Å². The van der Waals surface area contributed by atoms with Crippen molar-refractivity contribution in [3.05, 3.63) is 53.5 Å². The van der Waals surface area contributed by atoms with E-state index in [0.29, 0.717) is 19.5 Å². The predicted octanol–water partition coefficient (Wildman–Crippen LogP) is 2.24. The number of aromatic nitrogens is 3. The standard InChI is InChI=1S/C20H24FN5O/c1-14-16(17-11-15(21)3-4-18(17)23-14)12-20(27)26-9-7-25(8-10-26)13-19-22-5-6-24(19)2/h3-6,11,23H,7-10,12-13H2,1-2H3. The number of H-pyrrole nitrogens is 1. The van der Waals surface area contributed by atoms with E-state index in [1.807, 2.05) is 35.8 Å². The molecular weight excluding hydrogens is 345 g/mol. The van der Waals surface area contributed by atoms with Crippen molar-refractivity contribution < 1.29 is 9.18 Å². The first-order valence-electron chi connectivity index (χ1n) is 9.24. The van der Waals surface area contributed by atoms with Gasteiger partial charge in [-0.25, -0.2) is 9.37 Å². The quantitative estimate of drug-likeness (QED) is 0.767. The molecule has 0 bridgehead atoms. The highest BCUT2D eigenvalue weighted by molar-refractivity contribution is 5.90. The molecular formula is C20H24FN5O. The molecule has 3 aromatic rings. The van der Waals surface area contributed by atoms with Crippen LogP contribution in [0.2, 0.25) is 0 Å². The van der Waals surface area contributed by atoms with Crippen LogP contribution in [0.25, 0.3) is 10.9 Å². The number of fused-ring (bicyclic) bond motifs is 1. The molecule has 6 nitrogen and oxygen atoms in total. The highest BCUT2D eigenvalue weighted by Gasteiger charge is 2.23. The lowest BCUT2D eigenvalue weighted by Crippen LogP contribution is -2.48. The molecule has 0 atom stereocenters. The lowest BCUT2D eigenvalue weighted by atomic mass is 10.1. The van der Waals surface area contributed by atoms with Crippen LogP contribution in [0.3, 0.4) is 0 Å². The van der Waals surface area contributed by atoms with Gasteiger partial charge in [0.05, 0.1) is 13.0 Å². The highest BCUT2D eigenvalue weighted by Crippen LogP contribution is 2.24. The molecule has 1 aliphatic heterocycles. The van der Waals surface area contributed by atoms with Crippen LogP contribution in [0.5, 0.6) is 0 Å². The van der Waals surface area contributed by atoms with Crippen LogP contribution in [0.1, 0.15) is 17.1 Å². The Morgan fingerprint density at radius 2 is 2.04 bits per heavy atom. The summed E-state index contributed by atoms with van der Waals surface area (Å²) >= 11 is 0. The minimum Gasteiger partial charge on any atom is -0.358 e. The molecule has 27 heavy (non-hydrogen) atoms. The molecule has 1 saturated heterocycles. The van der Waals surface area contributed by atoms with Gasteiger partial charge >= 0.3 is 0 Å². The molecule has 1 amide bonds. The van der Waals surface area contributed by atoms with Crippen molar-refractivity contribution in [2.75, 3.05) is 26.2 Å². The van der Waals surface area contributed by atoms with Crippen molar-refractivity contribution in [2.45, 2.75) is 19.9 Å². The average Bonchev–Trinajstić information content (AvgIpc) is 3.19. The number of nitrogens with zero attached hydrogens (tertiary/aromatic N) is 4. The fraction of sp³-hybridized carbons (Fsp3) is 0.400. The third-order valence-corrected chi connectivity index (χ3v) is 5.42. The van der Waals surface area contributed by atoms with Gasteiger partial charge in [0.2, 0.25) is 5.91 Å². The van der Waals surface area contributed by atoms with E-state index in [2.05, 4.69) is 14.9 Å². The first-order valence-corrected chi connectivity index (χ1v) is 9.24. The Bertz CT molecular complexity index is 968. The highest BCUT2D eigenvalue weighted by atomic mass is 19.1. The van der Waals surface area contributed by atoms with Crippen molar-refractivity contribution in [1.82, 2.24) is 24.3 Å². The molecule has 0 aliphatic carbocycles. The van der Waals surface area contributed by atoms with Crippen molar-refractivity contribution in [3.8, 4) is 0 Å². The fourth-order valence-electron chi connectivity index (χ4n) is 3.75. The number of halogens is 1. The number of rotatable bonds is 4. The number of hydrogen-bond donors (Lipinski definition) is 1. The molecule has 7 heteroatoms. The van der Waals surface area contributed by atoms with E-state index in [4.69, 9.17) is 0 Å². The fourth-order valence-corrected chi connectivity index (χ4v) is 3.75. The summed E-state index contributed by atoms with van der Waals surface area (Å²) in [5.74, 6) is 0.851. The van der Waals surface area contributed by atoms with Gasteiger partial charge in [0.15, 0.2) is 0 Å². The van der Waals surface area contributed by atoms with Gasteiger partial charge in [0, 0.05) is 62.2 Å². The lowest BCUT2D eigenvalue weighted by molar-refractivity contribution is -0.132. The summed E-state index contributed by atoms with van der Waals surface area (Å²) in [6.45, 7) is 5.82. The first kappa shape index (κ1) is 17.7. The molecule has 4 rings (SSSR count). The van der Waals surface area contributed by atoms with Gasteiger partial charge in [0.25, 0.3) is 0 Å². The molecule has 1 fully saturated rings. The zero-order valence-electron chi connectivity index (χ0n) is 15.7. The second-order valence-corrected chi connectivity index (χ2v) is 7.21. The second kappa shape index (κ2) is 7.15. The molecule has 0 unspecified atom stereocenters. The summed E-state index contributed by atoms with van der Waals surface area (Å²) in [6.07, 6.45) is 4.05. The lowest BCUT2D eigenvalue weighted by Gasteiger charge is -2.34. The number of benzene rings is 1. The van der Waals surface area contributed by atoms with Crippen LogP contribution in [0.4, 0.5) is 4.39 Å². The Hall–Kier alpha value is -2.67. The van der Waals surface area contributed by atoms with Gasteiger partial charge in [-0.15, -0.1) is 0 Å². The van der Waals surface area contributed by atoms with Gasteiger partial charge < -0.3 is 14.5 Å². The molecule has 2 aromatic heterocycles. The van der Waals surface area contributed by atoms with Crippen molar-refractivity contribution in [2.24, 2.45) is 7.05 Å². The van der Waals surface area contributed by atoms with E-state index in [9.17, 15) is 9.18 Å². The minimum atomic E-state index is -0.280. The number of piperazine rings is 1. The van der Waals surface area contributed by atoms with E-state index in [1.165, 1.54) is 12.1 Å². The zero-order chi connectivity index (χ0) is 19.0. The van der Waals surface area contributed by atoms with E-state index >= 15 is 0 Å². The average molecular weight is 369 g/mol. The maximum atomic E-state index is 13.6. The molecule has 1 aliphatic rings. The van der Waals surface area contributed by atoms with Crippen LogP contribution in [-0.4, -0.2) is 56.4 Å². The minimum absolute atomic E-state index is 0.0971. The number of imidazole rings is 1. The first-order chi connectivity index (χ1) is 13.0. The van der Waals surface area contributed by atoms with Gasteiger partial charge in [-0.2, -0.15) is 0 Å². The van der Waals surface area contributed by atoms with Gasteiger partial charge in [-0.1, -0.05) is 0 Å². The third-order valence-electron chi connectivity index (χ3n) is 5.42. The van der Waals surface area contributed by atoms with E-state index in [0.717, 1.165) is 47.6 Å². The third kappa shape index (κ3) is 3.60. The molecule has 3 heterocycles. The number of carbonyl (C=O) groups is 1. The molecule has 1 aromatic carbocycles. The largest absolute Gasteiger partial charge is 0.358 e. The van der Waals surface area contributed by atoms with Crippen LogP contribution in [0, 0.1) is 12.7 Å². The molecule has 142 valence electrons. The molecule has 0 saturated carbocycles. The number of amides is 1. The summed E-state index contributed by atoms with van der Waals surface area (Å²) in [7, 11) is 1.99. The molecule has 1 N–H and O–H groups in total. The number of aryl methyl sites for hydroxylation is 2. The van der Waals surface area contributed by atoms with E-state index in [-0.39, 0.29) is 11.7 Å². The molecule has 0 radical (unpaired) electrons. The number of carbonyl (C=O) groups excluding carboxylic acids is 1. The van der Waals surface area contributed by atoms with Crippen LogP contribution in [-0.2, 0) is 24.8 Å². The summed E-state index contributed by atoms with van der Waals surface area (Å²) in [5, 5.41) is 0.800. The van der Waals surface area contributed by atoms with Crippen molar-refractivity contribution in [3.63, 3.8) is 0 Å². The maximum Gasteiger partial charge on any atom is 0.227 e. The van der Waals surface area contributed by atoms with Crippen molar-refractivity contribution in [1.29, 1.82) is 0 Å². The zero-order valence-corrected chi connectivity index (χ0v) is 15.7. The summed E-state index contributed by atoms with van der Waals surface area (Å²) < 4.78 is 15.6. The number of nitrogens with one attached hydrogen (secondary N) is 1. The second-order valence-electron chi connectivity index (χ2n) is 7.21. The summed E-state index contributed by atoms with van der Waals surface area (Å²) in [5.41, 5.74) is 2.69. The Kier molecular flexibility index (Phi) is 4.70. The Morgan fingerprint density at radius 1 is 1.26 bits per heavy atom. The SMILES string of the molecule is Cc1[nH]c2ccc(F)cc2c1CC(=O)N1CCN(Cc2nccn2C)CC1. The van der Waals surface area contributed by atoms with Crippen molar-refractivity contribution >= 4 is 16.8 Å².